The molecule has 1 aliphatic heterocycles. The van der Waals surface area contributed by atoms with Crippen LogP contribution in [0.25, 0.3) is 0 Å². The lowest BCUT2D eigenvalue weighted by Gasteiger charge is -2.36. The van der Waals surface area contributed by atoms with E-state index < -0.39 is 0 Å². The molecule has 4 heteroatoms. The second kappa shape index (κ2) is 7.23. The Morgan fingerprint density at radius 3 is 2.48 bits per heavy atom. The van der Waals surface area contributed by atoms with Crippen LogP contribution >= 0.6 is 0 Å². The summed E-state index contributed by atoms with van der Waals surface area (Å²) >= 11 is 0. The van der Waals surface area contributed by atoms with E-state index in [4.69, 9.17) is 0 Å². The van der Waals surface area contributed by atoms with Gasteiger partial charge in [-0.15, -0.1) is 0 Å². The van der Waals surface area contributed by atoms with E-state index in [9.17, 15) is 4.39 Å². The van der Waals surface area contributed by atoms with Crippen molar-refractivity contribution in [2.24, 2.45) is 0 Å². The van der Waals surface area contributed by atoms with Gasteiger partial charge in [0.15, 0.2) is 0 Å². The van der Waals surface area contributed by atoms with E-state index >= 15 is 0 Å². The molecular formula is C17H28FN3. The number of hydrogen-bond donors (Lipinski definition) is 1. The van der Waals surface area contributed by atoms with Crippen molar-refractivity contribution in [2.75, 3.05) is 32.1 Å². The zero-order chi connectivity index (χ0) is 15.4. The van der Waals surface area contributed by atoms with Gasteiger partial charge in [0.25, 0.3) is 0 Å². The maximum Gasteiger partial charge on any atom is 0.146 e. The molecule has 1 fully saturated rings. The topological polar surface area (TPSA) is 18.5 Å². The molecule has 0 radical (unpaired) electrons. The zero-order valence-corrected chi connectivity index (χ0v) is 13.7. The Labute approximate surface area is 128 Å². The van der Waals surface area contributed by atoms with E-state index in [1.54, 1.807) is 6.07 Å². The van der Waals surface area contributed by atoms with Crippen molar-refractivity contribution in [3.63, 3.8) is 0 Å². The first-order valence-electron chi connectivity index (χ1n) is 7.90. The molecule has 1 N–H and O–H groups in total. The van der Waals surface area contributed by atoms with Crippen LogP contribution < -0.4 is 10.2 Å². The van der Waals surface area contributed by atoms with E-state index in [1.807, 2.05) is 12.1 Å². The van der Waals surface area contributed by atoms with Crippen LogP contribution in [0.15, 0.2) is 18.2 Å². The van der Waals surface area contributed by atoms with Crippen LogP contribution in [0, 0.1) is 5.82 Å². The Balaban J connectivity index is 1.98. The average Bonchev–Trinajstić information content (AvgIpc) is 2.45. The number of halogens is 1. The van der Waals surface area contributed by atoms with Crippen molar-refractivity contribution in [3.05, 3.63) is 29.6 Å². The van der Waals surface area contributed by atoms with Crippen molar-refractivity contribution in [2.45, 2.75) is 45.3 Å². The molecule has 1 aromatic rings. The summed E-state index contributed by atoms with van der Waals surface area (Å²) in [5, 5.41) is 3.32. The van der Waals surface area contributed by atoms with Crippen molar-refractivity contribution < 1.29 is 4.39 Å². The molecule has 3 nitrogen and oxygen atoms in total. The van der Waals surface area contributed by atoms with Crippen LogP contribution in [0.5, 0.6) is 0 Å². The number of nitrogens with zero attached hydrogens (tertiary/aromatic N) is 2. The molecule has 1 aliphatic rings. The highest BCUT2D eigenvalue weighted by Gasteiger charge is 2.22. The van der Waals surface area contributed by atoms with Crippen LogP contribution in [-0.4, -0.2) is 44.2 Å². The summed E-state index contributed by atoms with van der Waals surface area (Å²) in [6.45, 7) is 6.78. The van der Waals surface area contributed by atoms with Gasteiger partial charge in [0.1, 0.15) is 5.82 Å². The number of hydrogen-bond acceptors (Lipinski definition) is 3. The fourth-order valence-corrected chi connectivity index (χ4v) is 2.86. The SMILES string of the molecule is CC(C)NCc1ccc(N2CCC(N(C)C)CC2)c(F)c1. The van der Waals surface area contributed by atoms with E-state index in [-0.39, 0.29) is 5.82 Å². The van der Waals surface area contributed by atoms with Crippen LogP contribution in [0.2, 0.25) is 0 Å². The van der Waals surface area contributed by atoms with Gasteiger partial charge in [0, 0.05) is 31.7 Å². The highest BCUT2D eigenvalue weighted by atomic mass is 19.1. The standard InChI is InChI=1S/C17H28FN3/c1-13(2)19-12-14-5-6-17(16(18)11-14)21-9-7-15(8-10-21)20(3)4/h5-6,11,13,15,19H,7-10,12H2,1-4H3. The molecule has 0 atom stereocenters. The Hall–Kier alpha value is -1.13. The highest BCUT2D eigenvalue weighted by Crippen LogP contribution is 2.25. The summed E-state index contributed by atoms with van der Waals surface area (Å²) < 4.78 is 14.3. The molecule has 0 unspecified atom stereocenters. The quantitative estimate of drug-likeness (QED) is 0.900. The second-order valence-electron chi connectivity index (χ2n) is 6.50. The van der Waals surface area contributed by atoms with E-state index in [0.29, 0.717) is 12.1 Å². The largest absolute Gasteiger partial charge is 0.369 e. The first-order chi connectivity index (χ1) is 9.97. The lowest BCUT2D eigenvalue weighted by atomic mass is 10.0. The summed E-state index contributed by atoms with van der Waals surface area (Å²) in [5.74, 6) is -0.0960. The van der Waals surface area contributed by atoms with Gasteiger partial charge in [0.2, 0.25) is 0 Å². The molecule has 0 aliphatic carbocycles. The Morgan fingerprint density at radius 2 is 1.95 bits per heavy atom. The third-order valence-corrected chi connectivity index (χ3v) is 4.26. The summed E-state index contributed by atoms with van der Waals surface area (Å²) in [6.07, 6.45) is 2.20. The number of anilines is 1. The number of benzene rings is 1. The Bertz CT molecular complexity index is 451. The maximum absolute atomic E-state index is 14.3. The van der Waals surface area contributed by atoms with Crippen LogP contribution in [0.3, 0.4) is 0 Å². The van der Waals surface area contributed by atoms with Crippen LogP contribution in [0.4, 0.5) is 10.1 Å². The molecule has 0 aromatic heterocycles. The minimum Gasteiger partial charge on any atom is -0.369 e. The molecule has 1 aromatic carbocycles. The van der Waals surface area contributed by atoms with Crippen LogP contribution in [0.1, 0.15) is 32.3 Å². The lowest BCUT2D eigenvalue weighted by Crippen LogP contribution is -2.42. The maximum atomic E-state index is 14.3. The Kier molecular flexibility index (Phi) is 5.59. The number of rotatable bonds is 5. The average molecular weight is 293 g/mol. The molecule has 0 spiro atoms. The molecule has 0 amide bonds. The summed E-state index contributed by atoms with van der Waals surface area (Å²) in [7, 11) is 4.24. The van der Waals surface area contributed by atoms with Crippen molar-refractivity contribution in [1.82, 2.24) is 10.2 Å². The zero-order valence-electron chi connectivity index (χ0n) is 13.7. The van der Waals surface area contributed by atoms with Gasteiger partial charge in [-0.25, -0.2) is 4.39 Å². The summed E-state index contributed by atoms with van der Waals surface area (Å²) in [5.41, 5.74) is 1.76. The van der Waals surface area contributed by atoms with Crippen molar-refractivity contribution in [3.8, 4) is 0 Å². The predicted octanol–water partition coefficient (Wildman–Crippen LogP) is 2.85. The predicted molar refractivity (Wildman–Crippen MR) is 87.3 cm³/mol. The van der Waals surface area contributed by atoms with Gasteiger partial charge >= 0.3 is 0 Å². The second-order valence-corrected chi connectivity index (χ2v) is 6.50. The molecular weight excluding hydrogens is 265 g/mol. The van der Waals surface area contributed by atoms with Gasteiger partial charge in [-0.2, -0.15) is 0 Å². The smallest absolute Gasteiger partial charge is 0.146 e. The molecule has 0 saturated carbocycles. The molecule has 1 heterocycles. The Morgan fingerprint density at radius 1 is 1.29 bits per heavy atom. The van der Waals surface area contributed by atoms with Gasteiger partial charge in [0.05, 0.1) is 5.69 Å². The number of nitrogens with one attached hydrogen (secondary N) is 1. The van der Waals surface area contributed by atoms with Gasteiger partial charge in [-0.1, -0.05) is 19.9 Å². The molecule has 0 bridgehead atoms. The number of piperidine rings is 1. The van der Waals surface area contributed by atoms with E-state index in [0.717, 1.165) is 43.7 Å². The molecule has 21 heavy (non-hydrogen) atoms. The van der Waals surface area contributed by atoms with Crippen LogP contribution in [-0.2, 0) is 6.54 Å². The molecule has 2 rings (SSSR count). The monoisotopic (exact) mass is 293 g/mol. The van der Waals surface area contributed by atoms with Crippen molar-refractivity contribution in [1.29, 1.82) is 0 Å². The molecule has 118 valence electrons. The van der Waals surface area contributed by atoms with E-state index in [2.05, 4.69) is 43.1 Å². The first-order valence-corrected chi connectivity index (χ1v) is 7.90. The first kappa shape index (κ1) is 16.2. The molecule has 1 saturated heterocycles. The fourth-order valence-electron chi connectivity index (χ4n) is 2.86. The minimum atomic E-state index is -0.0960. The minimum absolute atomic E-state index is 0.0960. The normalized spacial score (nSPS) is 17.0. The summed E-state index contributed by atoms with van der Waals surface area (Å²) in [4.78, 5) is 4.45. The van der Waals surface area contributed by atoms with Crippen molar-refractivity contribution >= 4 is 5.69 Å². The third-order valence-electron chi connectivity index (χ3n) is 4.26. The fraction of sp³-hybridized carbons (Fsp3) is 0.647. The highest BCUT2D eigenvalue weighted by molar-refractivity contribution is 5.49. The van der Waals surface area contributed by atoms with Gasteiger partial charge in [-0.05, 0) is 44.6 Å². The third kappa shape index (κ3) is 4.42. The van der Waals surface area contributed by atoms with E-state index in [1.165, 1.54) is 0 Å². The summed E-state index contributed by atoms with van der Waals surface area (Å²) in [6, 6.07) is 6.67. The van der Waals surface area contributed by atoms with Gasteiger partial charge in [-0.3, -0.25) is 0 Å². The van der Waals surface area contributed by atoms with Gasteiger partial charge < -0.3 is 15.1 Å². The lowest BCUT2D eigenvalue weighted by molar-refractivity contribution is 0.249.